The summed E-state index contributed by atoms with van der Waals surface area (Å²) in [5, 5.41) is 2.54. The zero-order valence-electron chi connectivity index (χ0n) is 7.63. The van der Waals surface area contributed by atoms with Crippen molar-refractivity contribution in [2.24, 2.45) is 11.8 Å². The van der Waals surface area contributed by atoms with Gasteiger partial charge in [0.25, 0.3) is 0 Å². The molecular weight excluding hydrogens is 156 g/mol. The Morgan fingerprint density at radius 1 is 1.33 bits per heavy atom. The van der Waals surface area contributed by atoms with Gasteiger partial charge in [0, 0.05) is 21.1 Å². The van der Waals surface area contributed by atoms with E-state index in [2.05, 4.69) is 5.32 Å². The Kier molecular flexibility index (Phi) is 2.35. The molecule has 4 heteroatoms. The second kappa shape index (κ2) is 3.13. The molecule has 1 fully saturated rings. The molecule has 0 aromatic heterocycles. The lowest BCUT2D eigenvalue weighted by Crippen LogP contribution is -2.27. The van der Waals surface area contributed by atoms with Crippen molar-refractivity contribution in [1.29, 1.82) is 0 Å². The normalized spacial score (nSPS) is 26.2. The van der Waals surface area contributed by atoms with Crippen molar-refractivity contribution < 1.29 is 9.59 Å². The van der Waals surface area contributed by atoms with Crippen molar-refractivity contribution in [3.63, 3.8) is 0 Å². The van der Waals surface area contributed by atoms with E-state index >= 15 is 0 Å². The molecule has 0 heterocycles. The smallest absolute Gasteiger partial charge is 0.225 e. The summed E-state index contributed by atoms with van der Waals surface area (Å²) in [4.78, 5) is 23.8. The summed E-state index contributed by atoms with van der Waals surface area (Å²) in [6, 6.07) is 0. The molecule has 68 valence electrons. The lowest BCUT2D eigenvalue weighted by Gasteiger charge is -2.08. The van der Waals surface area contributed by atoms with Gasteiger partial charge < -0.3 is 10.2 Å². The van der Waals surface area contributed by atoms with Crippen molar-refractivity contribution in [3.8, 4) is 0 Å². The van der Waals surface area contributed by atoms with Crippen molar-refractivity contribution in [2.75, 3.05) is 21.1 Å². The Morgan fingerprint density at radius 3 is 2.33 bits per heavy atom. The molecule has 1 N–H and O–H groups in total. The third-order valence-electron chi connectivity index (χ3n) is 2.13. The van der Waals surface area contributed by atoms with Crippen LogP contribution in [0.25, 0.3) is 0 Å². The molecule has 0 bridgehead atoms. The minimum atomic E-state index is -0.0788. The molecule has 0 saturated heterocycles. The number of nitrogens with one attached hydrogen (secondary N) is 1. The maximum absolute atomic E-state index is 11.3. The quantitative estimate of drug-likeness (QED) is 0.605. The molecule has 2 amide bonds. The topological polar surface area (TPSA) is 49.4 Å². The summed E-state index contributed by atoms with van der Waals surface area (Å²) >= 11 is 0. The van der Waals surface area contributed by atoms with Gasteiger partial charge in [0.1, 0.15) is 0 Å². The van der Waals surface area contributed by atoms with Gasteiger partial charge in [0.05, 0.1) is 11.8 Å². The van der Waals surface area contributed by atoms with Crippen LogP contribution < -0.4 is 5.32 Å². The van der Waals surface area contributed by atoms with Crippen LogP contribution >= 0.6 is 0 Å². The Balaban J connectivity index is 2.42. The highest BCUT2D eigenvalue weighted by Gasteiger charge is 2.48. The van der Waals surface area contributed by atoms with Crippen LogP contribution in [0.15, 0.2) is 0 Å². The lowest BCUT2D eigenvalue weighted by atomic mass is 10.3. The molecule has 0 unspecified atom stereocenters. The molecule has 0 aliphatic heterocycles. The number of hydrogen-bond acceptors (Lipinski definition) is 2. The molecule has 0 aromatic carbocycles. The third-order valence-corrected chi connectivity index (χ3v) is 2.13. The molecule has 0 aromatic rings. The maximum Gasteiger partial charge on any atom is 0.225 e. The zero-order chi connectivity index (χ0) is 9.30. The van der Waals surface area contributed by atoms with Gasteiger partial charge in [-0.2, -0.15) is 0 Å². The standard InChI is InChI=1S/C8H14N2O2/c1-9-7(11)5-4-6(5)8(12)10(2)3/h5-6H,4H2,1-3H3,(H,9,11)/t5-,6+/m0/s1. The monoisotopic (exact) mass is 170 g/mol. The molecule has 0 radical (unpaired) electrons. The Morgan fingerprint density at radius 2 is 1.92 bits per heavy atom. The van der Waals surface area contributed by atoms with Gasteiger partial charge in [-0.25, -0.2) is 0 Å². The van der Waals surface area contributed by atoms with Crippen molar-refractivity contribution in [2.45, 2.75) is 6.42 Å². The fourth-order valence-corrected chi connectivity index (χ4v) is 1.27. The van der Waals surface area contributed by atoms with E-state index in [1.807, 2.05) is 0 Å². The minimum Gasteiger partial charge on any atom is -0.359 e. The van der Waals surface area contributed by atoms with E-state index in [9.17, 15) is 9.59 Å². The molecule has 12 heavy (non-hydrogen) atoms. The first-order valence-corrected chi connectivity index (χ1v) is 4.00. The Labute approximate surface area is 71.9 Å². The van der Waals surface area contributed by atoms with E-state index in [-0.39, 0.29) is 23.7 Å². The van der Waals surface area contributed by atoms with Crippen LogP contribution in [0.5, 0.6) is 0 Å². The van der Waals surface area contributed by atoms with Gasteiger partial charge >= 0.3 is 0 Å². The molecule has 1 saturated carbocycles. The number of rotatable bonds is 2. The summed E-state index contributed by atoms with van der Waals surface area (Å²) in [7, 11) is 5.01. The van der Waals surface area contributed by atoms with Gasteiger partial charge in [-0.1, -0.05) is 0 Å². The summed E-state index contributed by atoms with van der Waals surface area (Å²) < 4.78 is 0. The van der Waals surface area contributed by atoms with Crippen LogP contribution in [0.4, 0.5) is 0 Å². The SMILES string of the molecule is CNC(=O)[C@H]1C[C@H]1C(=O)N(C)C. The first kappa shape index (κ1) is 9.03. The molecule has 0 spiro atoms. The third kappa shape index (κ3) is 1.57. The van der Waals surface area contributed by atoms with Gasteiger partial charge in [-0.3, -0.25) is 9.59 Å². The number of nitrogens with zero attached hydrogens (tertiary/aromatic N) is 1. The summed E-state index contributed by atoms with van der Waals surface area (Å²) in [5.41, 5.74) is 0. The van der Waals surface area contributed by atoms with E-state index in [0.717, 1.165) is 0 Å². The first-order chi connectivity index (χ1) is 5.57. The molecule has 1 aliphatic carbocycles. The average Bonchev–Trinajstić information content (AvgIpc) is 2.80. The summed E-state index contributed by atoms with van der Waals surface area (Å²) in [6.45, 7) is 0. The number of amides is 2. The van der Waals surface area contributed by atoms with Gasteiger partial charge in [0.15, 0.2) is 0 Å². The van der Waals surface area contributed by atoms with Gasteiger partial charge in [-0.15, -0.1) is 0 Å². The van der Waals surface area contributed by atoms with E-state index < -0.39 is 0 Å². The molecule has 1 rings (SSSR count). The van der Waals surface area contributed by atoms with Crippen LogP contribution in [0, 0.1) is 11.8 Å². The van der Waals surface area contributed by atoms with E-state index in [0.29, 0.717) is 6.42 Å². The Hall–Kier alpha value is -1.06. The van der Waals surface area contributed by atoms with Crippen LogP contribution in [-0.2, 0) is 9.59 Å². The number of carbonyl (C=O) groups is 2. The second-order valence-electron chi connectivity index (χ2n) is 3.30. The van der Waals surface area contributed by atoms with Crippen LogP contribution in [0.3, 0.4) is 0 Å². The zero-order valence-corrected chi connectivity index (χ0v) is 7.63. The van der Waals surface area contributed by atoms with Gasteiger partial charge in [-0.05, 0) is 6.42 Å². The van der Waals surface area contributed by atoms with Gasteiger partial charge in [0.2, 0.25) is 11.8 Å². The second-order valence-corrected chi connectivity index (χ2v) is 3.30. The first-order valence-electron chi connectivity index (χ1n) is 4.00. The predicted molar refractivity (Wildman–Crippen MR) is 44.4 cm³/mol. The fourth-order valence-electron chi connectivity index (χ4n) is 1.27. The summed E-state index contributed by atoms with van der Waals surface area (Å²) in [6.07, 6.45) is 0.705. The van der Waals surface area contributed by atoms with Crippen molar-refractivity contribution in [1.82, 2.24) is 10.2 Å². The molecule has 4 nitrogen and oxygen atoms in total. The highest BCUT2D eigenvalue weighted by atomic mass is 16.2. The van der Waals surface area contributed by atoms with Crippen molar-refractivity contribution in [3.05, 3.63) is 0 Å². The highest BCUT2D eigenvalue weighted by molar-refractivity contribution is 5.92. The highest BCUT2D eigenvalue weighted by Crippen LogP contribution is 2.39. The molecule has 1 aliphatic rings. The summed E-state index contributed by atoms with van der Waals surface area (Å²) in [5.74, 6) is -0.108. The maximum atomic E-state index is 11.3. The van der Waals surface area contributed by atoms with Crippen LogP contribution in [0.2, 0.25) is 0 Å². The van der Waals surface area contributed by atoms with E-state index in [1.165, 1.54) is 4.90 Å². The Bertz CT molecular complexity index is 213. The van der Waals surface area contributed by atoms with Crippen molar-refractivity contribution >= 4 is 11.8 Å². The molecular formula is C8H14N2O2. The van der Waals surface area contributed by atoms with E-state index in [4.69, 9.17) is 0 Å². The van der Waals surface area contributed by atoms with E-state index in [1.54, 1.807) is 21.1 Å². The molecule has 2 atom stereocenters. The lowest BCUT2D eigenvalue weighted by molar-refractivity contribution is -0.132. The van der Waals surface area contributed by atoms with Crippen LogP contribution in [0.1, 0.15) is 6.42 Å². The number of carbonyl (C=O) groups excluding carboxylic acids is 2. The average molecular weight is 170 g/mol. The number of hydrogen-bond donors (Lipinski definition) is 1. The largest absolute Gasteiger partial charge is 0.359 e. The van der Waals surface area contributed by atoms with Crippen LogP contribution in [-0.4, -0.2) is 37.9 Å². The predicted octanol–water partition coefficient (Wildman–Crippen LogP) is -0.543. The minimum absolute atomic E-state index is 0.0183. The fraction of sp³-hybridized carbons (Fsp3) is 0.750.